The number of carbonyl (C=O) groups is 2. The molecule has 0 radical (unpaired) electrons. The Morgan fingerprint density at radius 3 is 2.07 bits per heavy atom. The molecule has 0 aromatic heterocycles. The molecule has 3 rings (SSSR count). The Labute approximate surface area is 166 Å². The van der Waals surface area contributed by atoms with Crippen molar-refractivity contribution < 1.29 is 14.3 Å². The van der Waals surface area contributed by atoms with Crippen LogP contribution in [0.1, 0.15) is 30.9 Å². The smallest absolute Gasteiger partial charge is 0.328 e. The van der Waals surface area contributed by atoms with Crippen LogP contribution in [-0.4, -0.2) is 47.4 Å². The number of benzene rings is 2. The summed E-state index contributed by atoms with van der Waals surface area (Å²) in [6, 6.07) is 19.5. The molecule has 1 aliphatic rings. The summed E-state index contributed by atoms with van der Waals surface area (Å²) in [5, 5.41) is 0. The molecular weight excluding hydrogens is 352 g/mol. The summed E-state index contributed by atoms with van der Waals surface area (Å²) in [5.41, 5.74) is 2.31. The Morgan fingerprint density at radius 2 is 1.57 bits per heavy atom. The molecule has 1 fully saturated rings. The number of ether oxygens (including phenoxy) is 1. The predicted octanol–water partition coefficient (Wildman–Crippen LogP) is 3.24. The standard InChI is InChI=1S/C23H28N2O3/c1-18(22(26)25-15-9-14-21(25)23(27)28-2)24(16-19-10-5-3-6-11-19)17-20-12-7-4-8-13-20/h3-8,10-13,18,21H,9,14-17H2,1-2H3/t18-,21+/m1/s1. The largest absolute Gasteiger partial charge is 0.467 e. The van der Waals surface area contributed by atoms with Crippen molar-refractivity contribution in [3.8, 4) is 0 Å². The van der Waals surface area contributed by atoms with Gasteiger partial charge in [0.2, 0.25) is 5.91 Å². The molecule has 2 atom stereocenters. The van der Waals surface area contributed by atoms with Gasteiger partial charge in [0.15, 0.2) is 0 Å². The second kappa shape index (κ2) is 9.51. The molecule has 1 heterocycles. The average Bonchev–Trinajstić information content (AvgIpc) is 3.23. The molecule has 148 valence electrons. The molecule has 0 saturated carbocycles. The Morgan fingerprint density at radius 1 is 1.04 bits per heavy atom. The molecule has 1 amide bonds. The maximum Gasteiger partial charge on any atom is 0.328 e. The molecule has 0 spiro atoms. The van der Waals surface area contributed by atoms with Gasteiger partial charge in [-0.1, -0.05) is 60.7 Å². The van der Waals surface area contributed by atoms with Crippen LogP contribution in [0.15, 0.2) is 60.7 Å². The number of nitrogens with zero attached hydrogens (tertiary/aromatic N) is 2. The fraction of sp³-hybridized carbons (Fsp3) is 0.391. The first-order valence-corrected chi connectivity index (χ1v) is 9.80. The molecule has 2 aromatic rings. The van der Waals surface area contributed by atoms with E-state index >= 15 is 0 Å². The summed E-state index contributed by atoms with van der Waals surface area (Å²) in [6.45, 7) is 3.87. The maximum absolute atomic E-state index is 13.3. The number of amides is 1. The number of methoxy groups -OCH3 is 1. The van der Waals surface area contributed by atoms with E-state index in [0.29, 0.717) is 26.1 Å². The third-order valence-electron chi connectivity index (χ3n) is 5.37. The van der Waals surface area contributed by atoms with Gasteiger partial charge in [-0.05, 0) is 30.9 Å². The van der Waals surface area contributed by atoms with Gasteiger partial charge in [-0.25, -0.2) is 4.79 Å². The van der Waals surface area contributed by atoms with Crippen molar-refractivity contribution in [3.63, 3.8) is 0 Å². The van der Waals surface area contributed by atoms with Crippen molar-refractivity contribution in [1.29, 1.82) is 0 Å². The lowest BCUT2D eigenvalue weighted by molar-refractivity contribution is -0.152. The monoisotopic (exact) mass is 380 g/mol. The Hall–Kier alpha value is -2.66. The van der Waals surface area contributed by atoms with Crippen molar-refractivity contribution in [2.75, 3.05) is 13.7 Å². The van der Waals surface area contributed by atoms with Crippen LogP contribution < -0.4 is 0 Å². The number of hydrogen-bond donors (Lipinski definition) is 0. The minimum absolute atomic E-state index is 0.0141. The third kappa shape index (κ3) is 4.78. The Balaban J connectivity index is 1.79. The molecule has 28 heavy (non-hydrogen) atoms. The van der Waals surface area contributed by atoms with E-state index < -0.39 is 6.04 Å². The van der Waals surface area contributed by atoms with E-state index in [1.165, 1.54) is 7.11 Å². The number of likely N-dealkylation sites (tertiary alicyclic amines) is 1. The van der Waals surface area contributed by atoms with Crippen molar-refractivity contribution in [2.24, 2.45) is 0 Å². The summed E-state index contributed by atoms with van der Waals surface area (Å²) in [7, 11) is 1.38. The van der Waals surface area contributed by atoms with Gasteiger partial charge in [-0.2, -0.15) is 0 Å². The lowest BCUT2D eigenvalue weighted by Gasteiger charge is -2.33. The quantitative estimate of drug-likeness (QED) is 0.692. The van der Waals surface area contributed by atoms with Gasteiger partial charge in [-0.3, -0.25) is 9.69 Å². The fourth-order valence-electron chi connectivity index (χ4n) is 3.77. The Bertz CT molecular complexity index is 737. The van der Waals surface area contributed by atoms with Gasteiger partial charge in [0.05, 0.1) is 13.2 Å². The number of hydrogen-bond acceptors (Lipinski definition) is 4. The van der Waals surface area contributed by atoms with Crippen LogP contribution in [0, 0.1) is 0 Å². The van der Waals surface area contributed by atoms with E-state index in [9.17, 15) is 9.59 Å². The molecule has 1 aliphatic heterocycles. The number of carbonyl (C=O) groups excluding carboxylic acids is 2. The van der Waals surface area contributed by atoms with Gasteiger partial charge in [-0.15, -0.1) is 0 Å². The predicted molar refractivity (Wildman–Crippen MR) is 108 cm³/mol. The second-order valence-electron chi connectivity index (χ2n) is 7.26. The first kappa shape index (κ1) is 20.1. The summed E-state index contributed by atoms with van der Waals surface area (Å²) < 4.78 is 4.90. The van der Waals surface area contributed by atoms with Crippen molar-refractivity contribution in [3.05, 3.63) is 71.8 Å². The molecule has 1 saturated heterocycles. The average molecular weight is 380 g/mol. The zero-order valence-electron chi connectivity index (χ0n) is 16.6. The summed E-state index contributed by atoms with van der Waals surface area (Å²) in [4.78, 5) is 29.2. The van der Waals surface area contributed by atoms with E-state index in [-0.39, 0.29) is 17.9 Å². The van der Waals surface area contributed by atoms with Gasteiger partial charge >= 0.3 is 5.97 Å². The normalized spacial score (nSPS) is 17.5. The van der Waals surface area contributed by atoms with Crippen molar-refractivity contribution >= 4 is 11.9 Å². The summed E-state index contributed by atoms with van der Waals surface area (Å²) >= 11 is 0. The maximum atomic E-state index is 13.3. The lowest BCUT2D eigenvalue weighted by atomic mass is 10.1. The highest BCUT2D eigenvalue weighted by Gasteiger charge is 2.38. The highest BCUT2D eigenvalue weighted by Crippen LogP contribution is 2.22. The highest BCUT2D eigenvalue weighted by molar-refractivity contribution is 5.88. The first-order chi connectivity index (χ1) is 13.6. The van der Waals surface area contributed by atoms with Crippen molar-refractivity contribution in [2.45, 2.75) is 44.9 Å². The minimum atomic E-state index is -0.463. The first-order valence-electron chi connectivity index (χ1n) is 9.80. The minimum Gasteiger partial charge on any atom is -0.467 e. The van der Waals surface area contributed by atoms with Crippen molar-refractivity contribution in [1.82, 2.24) is 9.80 Å². The zero-order valence-corrected chi connectivity index (χ0v) is 16.6. The highest BCUT2D eigenvalue weighted by atomic mass is 16.5. The zero-order chi connectivity index (χ0) is 19.9. The summed E-state index contributed by atoms with van der Waals surface area (Å²) in [5.74, 6) is -0.338. The molecule has 0 bridgehead atoms. The van der Waals surface area contributed by atoms with Crippen LogP contribution in [-0.2, 0) is 27.4 Å². The van der Waals surface area contributed by atoms with Crippen LogP contribution in [0.25, 0.3) is 0 Å². The third-order valence-corrected chi connectivity index (χ3v) is 5.37. The summed E-state index contributed by atoms with van der Waals surface area (Å²) in [6.07, 6.45) is 1.50. The van der Waals surface area contributed by atoms with Crippen LogP contribution in [0.2, 0.25) is 0 Å². The molecule has 2 aromatic carbocycles. The van der Waals surface area contributed by atoms with Gasteiger partial charge in [0.1, 0.15) is 6.04 Å². The molecule has 0 N–H and O–H groups in total. The van der Waals surface area contributed by atoms with Crippen LogP contribution in [0.3, 0.4) is 0 Å². The van der Waals surface area contributed by atoms with Crippen LogP contribution in [0.4, 0.5) is 0 Å². The van der Waals surface area contributed by atoms with Crippen LogP contribution in [0.5, 0.6) is 0 Å². The number of esters is 1. The van der Waals surface area contributed by atoms with E-state index in [4.69, 9.17) is 4.74 Å². The molecule has 5 heteroatoms. The Kier molecular flexibility index (Phi) is 6.82. The molecule has 0 aliphatic carbocycles. The van der Waals surface area contributed by atoms with Crippen LogP contribution >= 0.6 is 0 Å². The second-order valence-corrected chi connectivity index (χ2v) is 7.26. The van der Waals surface area contributed by atoms with Gasteiger partial charge in [0, 0.05) is 19.6 Å². The van der Waals surface area contributed by atoms with E-state index in [0.717, 1.165) is 17.5 Å². The van der Waals surface area contributed by atoms with Gasteiger partial charge < -0.3 is 9.64 Å². The number of rotatable bonds is 7. The molecular formula is C23H28N2O3. The van der Waals surface area contributed by atoms with E-state index in [1.54, 1.807) is 4.90 Å². The lowest BCUT2D eigenvalue weighted by Crippen LogP contribution is -2.50. The topological polar surface area (TPSA) is 49.9 Å². The SMILES string of the molecule is COC(=O)[C@@H]1CCCN1C(=O)[C@@H](C)N(Cc1ccccc1)Cc1ccccc1. The van der Waals surface area contributed by atoms with E-state index in [1.807, 2.05) is 43.3 Å². The van der Waals surface area contributed by atoms with E-state index in [2.05, 4.69) is 29.2 Å². The fourth-order valence-corrected chi connectivity index (χ4v) is 3.77. The molecule has 0 unspecified atom stereocenters. The van der Waals surface area contributed by atoms with Gasteiger partial charge in [0.25, 0.3) is 0 Å². The molecule has 5 nitrogen and oxygen atoms in total.